The van der Waals surface area contributed by atoms with E-state index >= 15 is 0 Å². The van der Waals surface area contributed by atoms with E-state index in [0.717, 1.165) is 13.0 Å². The van der Waals surface area contributed by atoms with Gasteiger partial charge in [-0.3, -0.25) is 4.79 Å². The lowest BCUT2D eigenvalue weighted by atomic mass is 10.4. The average Bonchev–Trinajstić information content (AvgIpc) is 2.71. The van der Waals surface area contributed by atoms with E-state index in [4.69, 9.17) is 0 Å². The second-order valence-electron chi connectivity index (χ2n) is 4.55. The summed E-state index contributed by atoms with van der Waals surface area (Å²) in [5, 5.41) is 5.86. The molecule has 0 aliphatic carbocycles. The molecule has 2 heterocycles. The summed E-state index contributed by atoms with van der Waals surface area (Å²) < 4.78 is 27.6. The van der Waals surface area contributed by atoms with Gasteiger partial charge < -0.3 is 10.6 Å². The maximum Gasteiger partial charge on any atom is 0.282 e. The highest BCUT2D eigenvalue weighted by Crippen LogP contribution is 2.12. The summed E-state index contributed by atoms with van der Waals surface area (Å²) in [4.78, 5) is 11.4. The minimum atomic E-state index is -3.50. The zero-order valence-corrected chi connectivity index (χ0v) is 11.2. The van der Waals surface area contributed by atoms with Gasteiger partial charge >= 0.3 is 0 Å². The Balaban J connectivity index is 2.10. The molecule has 2 aliphatic heterocycles. The summed E-state index contributed by atoms with van der Waals surface area (Å²) in [7, 11) is -3.50. The summed E-state index contributed by atoms with van der Waals surface area (Å²) in [5.41, 5.74) is 0. The summed E-state index contributed by atoms with van der Waals surface area (Å²) in [6.45, 7) is 3.39. The second-order valence-corrected chi connectivity index (χ2v) is 6.48. The standard InChI is InChI=1S/C10H20N4O3S/c15-10-9-14(7-2-4-12-10)18(16,17)13-6-1-3-11-5-8-13/h11H,1-9H2,(H,12,15). The number of carbonyl (C=O) groups is 1. The minimum Gasteiger partial charge on any atom is -0.355 e. The molecule has 0 atom stereocenters. The third-order valence-corrected chi connectivity index (χ3v) is 5.16. The van der Waals surface area contributed by atoms with Crippen molar-refractivity contribution in [3.05, 3.63) is 0 Å². The second kappa shape index (κ2) is 5.96. The van der Waals surface area contributed by atoms with Gasteiger partial charge in [-0.25, -0.2) is 0 Å². The number of nitrogens with one attached hydrogen (secondary N) is 2. The van der Waals surface area contributed by atoms with Crippen LogP contribution in [0, 0.1) is 0 Å². The monoisotopic (exact) mass is 276 g/mol. The molecule has 2 N–H and O–H groups in total. The SMILES string of the molecule is O=C1CN(S(=O)(=O)N2CCCNCC2)CCCN1. The number of nitrogens with zero attached hydrogens (tertiary/aromatic N) is 2. The van der Waals surface area contributed by atoms with Gasteiger partial charge in [-0.15, -0.1) is 0 Å². The summed E-state index contributed by atoms with van der Waals surface area (Å²) >= 11 is 0. The van der Waals surface area contributed by atoms with Crippen LogP contribution in [0.1, 0.15) is 12.8 Å². The van der Waals surface area contributed by atoms with Crippen molar-refractivity contribution in [1.29, 1.82) is 0 Å². The van der Waals surface area contributed by atoms with Crippen molar-refractivity contribution in [2.24, 2.45) is 0 Å². The van der Waals surface area contributed by atoms with Gasteiger partial charge in [-0.1, -0.05) is 0 Å². The predicted octanol–water partition coefficient (Wildman–Crippen LogP) is -1.65. The Labute approximate surface area is 108 Å². The third-order valence-electron chi connectivity index (χ3n) is 3.18. The summed E-state index contributed by atoms with van der Waals surface area (Å²) in [6.07, 6.45) is 1.47. The molecule has 0 unspecified atom stereocenters. The molecule has 0 bridgehead atoms. The Morgan fingerprint density at radius 2 is 1.67 bits per heavy atom. The van der Waals surface area contributed by atoms with Crippen molar-refractivity contribution in [3.8, 4) is 0 Å². The van der Waals surface area contributed by atoms with Crippen LogP contribution in [-0.4, -0.2) is 68.7 Å². The van der Waals surface area contributed by atoms with Crippen LogP contribution in [0.15, 0.2) is 0 Å². The number of carbonyl (C=O) groups excluding carboxylic acids is 1. The number of amides is 1. The molecule has 2 fully saturated rings. The highest BCUT2D eigenvalue weighted by molar-refractivity contribution is 7.86. The van der Waals surface area contributed by atoms with Crippen molar-refractivity contribution in [2.45, 2.75) is 12.8 Å². The molecular weight excluding hydrogens is 256 g/mol. The molecule has 2 saturated heterocycles. The van der Waals surface area contributed by atoms with E-state index in [1.165, 1.54) is 8.61 Å². The van der Waals surface area contributed by atoms with Crippen LogP contribution in [0.2, 0.25) is 0 Å². The smallest absolute Gasteiger partial charge is 0.282 e. The lowest BCUT2D eigenvalue weighted by Crippen LogP contribution is -2.47. The van der Waals surface area contributed by atoms with Crippen molar-refractivity contribution in [3.63, 3.8) is 0 Å². The van der Waals surface area contributed by atoms with Crippen LogP contribution in [0.3, 0.4) is 0 Å². The Hall–Kier alpha value is -0.700. The van der Waals surface area contributed by atoms with Gasteiger partial charge in [0.15, 0.2) is 0 Å². The first kappa shape index (κ1) is 13.7. The molecule has 0 spiro atoms. The van der Waals surface area contributed by atoms with Crippen molar-refractivity contribution in [1.82, 2.24) is 19.2 Å². The molecule has 0 aromatic carbocycles. The highest BCUT2D eigenvalue weighted by Gasteiger charge is 2.32. The maximum absolute atomic E-state index is 12.4. The largest absolute Gasteiger partial charge is 0.355 e. The van der Waals surface area contributed by atoms with Gasteiger partial charge in [0.1, 0.15) is 0 Å². The summed E-state index contributed by atoms with van der Waals surface area (Å²) in [5.74, 6) is -0.218. The van der Waals surface area contributed by atoms with E-state index in [0.29, 0.717) is 39.1 Å². The lowest BCUT2D eigenvalue weighted by Gasteiger charge is -2.27. The quantitative estimate of drug-likeness (QED) is 0.633. The van der Waals surface area contributed by atoms with Gasteiger partial charge in [0.2, 0.25) is 5.91 Å². The zero-order valence-electron chi connectivity index (χ0n) is 10.4. The molecule has 0 aromatic heterocycles. The van der Waals surface area contributed by atoms with Gasteiger partial charge in [-0.2, -0.15) is 17.0 Å². The molecule has 8 heteroatoms. The van der Waals surface area contributed by atoms with Crippen molar-refractivity contribution in [2.75, 3.05) is 45.8 Å². The Bertz CT molecular complexity index is 390. The predicted molar refractivity (Wildman–Crippen MR) is 67.2 cm³/mol. The third kappa shape index (κ3) is 3.19. The fourth-order valence-corrected chi connectivity index (χ4v) is 3.84. The molecule has 0 saturated carbocycles. The van der Waals surface area contributed by atoms with Crippen molar-refractivity contribution < 1.29 is 13.2 Å². The van der Waals surface area contributed by atoms with E-state index in [2.05, 4.69) is 10.6 Å². The fraction of sp³-hybridized carbons (Fsp3) is 0.900. The van der Waals surface area contributed by atoms with Gasteiger partial charge in [0.25, 0.3) is 10.2 Å². The first-order valence-corrected chi connectivity index (χ1v) is 7.73. The summed E-state index contributed by atoms with van der Waals surface area (Å²) in [6, 6.07) is 0. The van der Waals surface area contributed by atoms with E-state index in [1.54, 1.807) is 0 Å². The highest BCUT2D eigenvalue weighted by atomic mass is 32.2. The molecule has 2 rings (SSSR count). The van der Waals surface area contributed by atoms with Crippen LogP contribution in [0.25, 0.3) is 0 Å². The molecular formula is C10H20N4O3S. The molecule has 18 heavy (non-hydrogen) atoms. The fourth-order valence-electron chi connectivity index (χ4n) is 2.19. The zero-order chi connectivity index (χ0) is 13.0. The molecule has 104 valence electrons. The van der Waals surface area contributed by atoms with Gasteiger partial charge in [-0.05, 0) is 19.4 Å². The maximum atomic E-state index is 12.4. The normalized spacial score (nSPS) is 25.2. The van der Waals surface area contributed by atoms with Crippen LogP contribution in [0.4, 0.5) is 0 Å². The first-order chi connectivity index (χ1) is 8.60. The van der Waals surface area contributed by atoms with Crippen LogP contribution >= 0.6 is 0 Å². The van der Waals surface area contributed by atoms with E-state index in [-0.39, 0.29) is 12.5 Å². The molecule has 0 radical (unpaired) electrons. The number of rotatable bonds is 2. The van der Waals surface area contributed by atoms with Crippen LogP contribution in [-0.2, 0) is 15.0 Å². The van der Waals surface area contributed by atoms with Gasteiger partial charge in [0.05, 0.1) is 6.54 Å². The Morgan fingerprint density at radius 1 is 0.944 bits per heavy atom. The Morgan fingerprint density at radius 3 is 2.50 bits per heavy atom. The van der Waals surface area contributed by atoms with Crippen LogP contribution < -0.4 is 10.6 Å². The van der Waals surface area contributed by atoms with E-state index < -0.39 is 10.2 Å². The average molecular weight is 276 g/mol. The van der Waals surface area contributed by atoms with Gasteiger partial charge in [0, 0.05) is 32.7 Å². The lowest BCUT2D eigenvalue weighted by molar-refractivity contribution is -0.120. The molecule has 1 amide bonds. The van der Waals surface area contributed by atoms with E-state index in [1.807, 2.05) is 0 Å². The first-order valence-electron chi connectivity index (χ1n) is 6.33. The van der Waals surface area contributed by atoms with Crippen LogP contribution in [0.5, 0.6) is 0 Å². The van der Waals surface area contributed by atoms with E-state index in [9.17, 15) is 13.2 Å². The molecule has 2 aliphatic rings. The van der Waals surface area contributed by atoms with Crippen molar-refractivity contribution >= 4 is 16.1 Å². The Kier molecular flexibility index (Phi) is 4.55. The number of hydrogen-bond donors (Lipinski definition) is 2. The topological polar surface area (TPSA) is 81.8 Å². The molecule has 7 nitrogen and oxygen atoms in total. The molecule has 0 aromatic rings. The number of hydrogen-bond acceptors (Lipinski definition) is 4. The minimum absolute atomic E-state index is 0.0632.